The standard InChI is InChI=1S/Mo.3O.Ti.Zr/q+6;3*-2;;. The summed E-state index contributed by atoms with van der Waals surface area (Å²) < 4.78 is 0. The van der Waals surface area contributed by atoms with Crippen LogP contribution in [0, 0.1) is 0 Å². The van der Waals surface area contributed by atoms with E-state index in [9.17, 15) is 0 Å². The Kier molecular flexibility index (Phi) is 865. The van der Waals surface area contributed by atoms with Gasteiger partial charge in [-0.05, 0) is 0 Å². The molecule has 0 heterocycles. The Morgan fingerprint density at radius 2 is 0.667 bits per heavy atom. The molecule has 6 heavy (non-hydrogen) atoms. The van der Waals surface area contributed by atoms with Crippen molar-refractivity contribution in [2.75, 3.05) is 0 Å². The van der Waals surface area contributed by atoms with E-state index in [1.807, 2.05) is 0 Å². The van der Waals surface area contributed by atoms with Gasteiger partial charge in [0.2, 0.25) is 0 Å². The molecule has 0 amide bonds. The monoisotopic (exact) mass is 284 g/mol. The SMILES string of the molecule is [Mo+6].[O-2].[O-2].[O-2].[Ti].[Zr]. The molecule has 0 spiro atoms. The van der Waals surface area contributed by atoms with Crippen molar-refractivity contribution in [3.8, 4) is 0 Å². The van der Waals surface area contributed by atoms with E-state index >= 15 is 0 Å². The minimum atomic E-state index is 0. The smallest absolute Gasteiger partial charge is 2.00 e. The molecule has 0 fully saturated rings. The van der Waals surface area contributed by atoms with Crippen LogP contribution in [0.5, 0.6) is 0 Å². The fraction of sp³-hybridized carbons (Fsp3) is 0. The Hall–Kier alpha value is 2.17. The Balaban J connectivity index is 0. The zero-order chi connectivity index (χ0) is 0. The van der Waals surface area contributed by atoms with Gasteiger partial charge in [0.15, 0.2) is 0 Å². The first-order valence-corrected chi connectivity index (χ1v) is 0. The number of hydrogen-bond acceptors (Lipinski definition) is 0. The second kappa shape index (κ2) is 58.1. The van der Waals surface area contributed by atoms with Crippen molar-refractivity contribution < 1.29 is 85.4 Å². The molecule has 0 saturated heterocycles. The average Bonchev–Trinajstić information content (AvgIpc) is 0. The summed E-state index contributed by atoms with van der Waals surface area (Å²) in [7, 11) is 0. The molecule has 32 valence electrons. The van der Waals surface area contributed by atoms with Gasteiger partial charge in [0.1, 0.15) is 0 Å². The zero-order valence-electron chi connectivity index (χ0n) is 2.63. The van der Waals surface area contributed by atoms with Gasteiger partial charge in [0, 0.05) is 47.9 Å². The van der Waals surface area contributed by atoms with Crippen LogP contribution in [0.2, 0.25) is 0 Å². The molecule has 0 aliphatic heterocycles. The molecule has 0 N–H and O–H groups in total. The maximum absolute atomic E-state index is 0. The Morgan fingerprint density at radius 1 is 0.667 bits per heavy atom. The van der Waals surface area contributed by atoms with Crippen LogP contribution in [0.3, 0.4) is 0 Å². The van der Waals surface area contributed by atoms with E-state index in [0.717, 1.165) is 0 Å². The van der Waals surface area contributed by atoms with Gasteiger partial charge in [0.25, 0.3) is 0 Å². The Bertz CT molecular complexity index is 10.8. The number of hydrogen-bond donors (Lipinski definition) is 0. The normalized spacial score (nSPS) is 0. The van der Waals surface area contributed by atoms with Gasteiger partial charge < -0.3 is 16.4 Å². The van der Waals surface area contributed by atoms with Crippen molar-refractivity contribution in [1.29, 1.82) is 0 Å². The maximum atomic E-state index is 0. The molecule has 0 aromatic rings. The summed E-state index contributed by atoms with van der Waals surface area (Å²) >= 11 is 0. The summed E-state index contributed by atoms with van der Waals surface area (Å²) in [5, 5.41) is 0. The van der Waals surface area contributed by atoms with Crippen LogP contribution in [0.15, 0.2) is 0 Å². The first kappa shape index (κ1) is 89.4. The molecular formula is MoO3TiZr. The quantitative estimate of drug-likeness (QED) is 0.543. The first-order valence-electron chi connectivity index (χ1n) is 0. The van der Waals surface area contributed by atoms with E-state index in [4.69, 9.17) is 0 Å². The van der Waals surface area contributed by atoms with Gasteiger partial charge in [-0.2, -0.15) is 0 Å². The Labute approximate surface area is 84.5 Å². The van der Waals surface area contributed by atoms with Crippen LogP contribution in [0.4, 0.5) is 0 Å². The van der Waals surface area contributed by atoms with Gasteiger partial charge in [-0.25, -0.2) is 0 Å². The van der Waals surface area contributed by atoms with Gasteiger partial charge in [0.05, 0.1) is 0 Å². The van der Waals surface area contributed by atoms with E-state index in [2.05, 4.69) is 0 Å². The van der Waals surface area contributed by atoms with Crippen LogP contribution >= 0.6 is 0 Å². The predicted molar refractivity (Wildman–Crippen MR) is 2.06 cm³/mol. The molecule has 0 rings (SSSR count). The largest absolute Gasteiger partial charge is 6.00 e. The van der Waals surface area contributed by atoms with Crippen LogP contribution < -0.4 is 0 Å². The van der Waals surface area contributed by atoms with Crippen LogP contribution in [0.1, 0.15) is 0 Å². The minimum absolute atomic E-state index is 0. The molecule has 0 unspecified atom stereocenters. The van der Waals surface area contributed by atoms with E-state index in [0.29, 0.717) is 0 Å². The summed E-state index contributed by atoms with van der Waals surface area (Å²) in [4.78, 5) is 0. The van der Waals surface area contributed by atoms with Crippen molar-refractivity contribution in [1.82, 2.24) is 0 Å². The van der Waals surface area contributed by atoms with Gasteiger partial charge in [-0.3, -0.25) is 0 Å². The average molecular weight is 283 g/mol. The fourth-order valence-electron chi connectivity index (χ4n) is 0. The van der Waals surface area contributed by atoms with E-state index in [-0.39, 0.29) is 85.4 Å². The number of rotatable bonds is 0. The van der Waals surface area contributed by atoms with E-state index < -0.39 is 0 Å². The third kappa shape index (κ3) is 35.1. The molecule has 0 bridgehead atoms. The summed E-state index contributed by atoms with van der Waals surface area (Å²) in [6.45, 7) is 0. The Morgan fingerprint density at radius 3 is 0.667 bits per heavy atom. The third-order valence-corrected chi connectivity index (χ3v) is 0. The molecule has 3 nitrogen and oxygen atoms in total. The molecule has 6 heteroatoms. The van der Waals surface area contributed by atoms with Crippen LogP contribution in [-0.4, -0.2) is 0 Å². The molecule has 0 aliphatic carbocycles. The third-order valence-electron chi connectivity index (χ3n) is 0. The predicted octanol–water partition coefficient (Wildman–Crippen LogP) is -0.364. The second-order valence-corrected chi connectivity index (χ2v) is 0. The second-order valence-electron chi connectivity index (χ2n) is 0. The van der Waals surface area contributed by atoms with Crippen LogP contribution in [0.25, 0.3) is 0 Å². The van der Waals surface area contributed by atoms with Crippen molar-refractivity contribution in [3.05, 3.63) is 0 Å². The molecule has 0 atom stereocenters. The van der Waals surface area contributed by atoms with Crippen molar-refractivity contribution in [2.24, 2.45) is 0 Å². The molecule has 0 aromatic heterocycles. The van der Waals surface area contributed by atoms with E-state index in [1.165, 1.54) is 0 Å². The molecule has 0 aliphatic rings. The van der Waals surface area contributed by atoms with Crippen molar-refractivity contribution in [2.45, 2.75) is 0 Å². The summed E-state index contributed by atoms with van der Waals surface area (Å²) in [6, 6.07) is 0. The minimum Gasteiger partial charge on any atom is -2.00 e. The van der Waals surface area contributed by atoms with Crippen molar-refractivity contribution in [3.63, 3.8) is 0 Å². The van der Waals surface area contributed by atoms with Crippen LogP contribution in [-0.2, 0) is 85.4 Å². The molecular weight excluding hydrogens is 283 g/mol. The zero-order valence-corrected chi connectivity index (χ0v) is 8.66. The van der Waals surface area contributed by atoms with E-state index in [1.54, 1.807) is 0 Å². The first-order chi connectivity index (χ1) is 0. The summed E-state index contributed by atoms with van der Waals surface area (Å²) in [6.07, 6.45) is 0. The van der Waals surface area contributed by atoms with Crippen molar-refractivity contribution >= 4 is 0 Å². The summed E-state index contributed by atoms with van der Waals surface area (Å²) in [5.41, 5.74) is 0. The maximum Gasteiger partial charge on any atom is 6.00 e. The summed E-state index contributed by atoms with van der Waals surface area (Å²) in [5.74, 6) is 0. The molecule has 0 aromatic carbocycles. The molecule has 0 saturated carbocycles. The fourth-order valence-corrected chi connectivity index (χ4v) is 0. The van der Waals surface area contributed by atoms with Gasteiger partial charge in [-0.15, -0.1) is 0 Å². The van der Waals surface area contributed by atoms with Gasteiger partial charge >= 0.3 is 21.1 Å². The topological polar surface area (TPSA) is 85.5 Å². The molecule has 0 radical (unpaired) electrons. The van der Waals surface area contributed by atoms with Gasteiger partial charge in [-0.1, -0.05) is 0 Å².